The van der Waals surface area contributed by atoms with Crippen LogP contribution in [-0.4, -0.2) is 38.6 Å². The van der Waals surface area contributed by atoms with Crippen LogP contribution in [0.25, 0.3) is 0 Å². The van der Waals surface area contributed by atoms with Gasteiger partial charge in [0.1, 0.15) is 11.5 Å². The lowest BCUT2D eigenvalue weighted by molar-refractivity contribution is -0.145. The molecule has 0 aromatic heterocycles. The van der Waals surface area contributed by atoms with Gasteiger partial charge in [0, 0.05) is 6.07 Å². The van der Waals surface area contributed by atoms with Crippen LogP contribution in [-0.2, 0) is 9.53 Å². The van der Waals surface area contributed by atoms with Gasteiger partial charge in [-0.3, -0.25) is 4.79 Å². The van der Waals surface area contributed by atoms with Gasteiger partial charge in [-0.1, -0.05) is 0 Å². The zero-order valence-electron chi connectivity index (χ0n) is 11.0. The average Bonchev–Trinajstić information content (AvgIpc) is 2.44. The van der Waals surface area contributed by atoms with Crippen LogP contribution >= 0.6 is 0 Å². The minimum Gasteiger partial charge on any atom is -0.497 e. The number of benzene rings is 1. The average molecular weight is 267 g/mol. The Morgan fingerprint density at radius 1 is 1.32 bits per heavy atom. The molecule has 0 unspecified atom stereocenters. The predicted molar refractivity (Wildman–Crippen MR) is 68.5 cm³/mol. The van der Waals surface area contributed by atoms with Crippen LogP contribution in [0.15, 0.2) is 18.2 Å². The number of rotatable bonds is 7. The summed E-state index contributed by atoms with van der Waals surface area (Å²) < 4.78 is 15.1. The molecule has 104 valence electrons. The fourth-order valence-electron chi connectivity index (χ4n) is 1.43. The Kier molecular flexibility index (Phi) is 5.81. The number of hydrogen-bond acceptors (Lipinski definition) is 6. The Balaban J connectivity index is 2.88. The van der Waals surface area contributed by atoms with Gasteiger partial charge in [-0.15, -0.1) is 0 Å². The van der Waals surface area contributed by atoms with Gasteiger partial charge in [0.05, 0.1) is 25.8 Å². The summed E-state index contributed by atoms with van der Waals surface area (Å²) in [6.45, 7) is 1.57. The molecule has 0 aliphatic carbocycles. The minimum absolute atomic E-state index is 0.137. The van der Waals surface area contributed by atoms with Crippen LogP contribution in [0, 0.1) is 0 Å². The number of ketones is 1. The molecule has 6 heteroatoms. The van der Waals surface area contributed by atoms with Gasteiger partial charge in [-0.2, -0.15) is 0 Å². The number of esters is 1. The first-order chi connectivity index (χ1) is 9.12. The van der Waals surface area contributed by atoms with Gasteiger partial charge in [0.2, 0.25) is 0 Å². The molecule has 0 radical (unpaired) electrons. The highest BCUT2D eigenvalue weighted by Crippen LogP contribution is 2.25. The van der Waals surface area contributed by atoms with Crippen molar-refractivity contribution in [1.82, 2.24) is 0 Å². The number of carbonyl (C=O) groups is 2. The van der Waals surface area contributed by atoms with E-state index in [9.17, 15) is 9.59 Å². The van der Waals surface area contributed by atoms with Crippen molar-refractivity contribution in [3.8, 4) is 11.5 Å². The van der Waals surface area contributed by atoms with Crippen molar-refractivity contribution in [2.45, 2.75) is 6.92 Å². The molecule has 0 aliphatic rings. The van der Waals surface area contributed by atoms with Gasteiger partial charge >= 0.3 is 5.97 Å². The van der Waals surface area contributed by atoms with Crippen molar-refractivity contribution >= 4 is 11.8 Å². The van der Waals surface area contributed by atoms with Gasteiger partial charge in [0.25, 0.3) is 0 Å². The van der Waals surface area contributed by atoms with E-state index < -0.39 is 5.97 Å². The van der Waals surface area contributed by atoms with Crippen LogP contribution in [0.2, 0.25) is 0 Å². The Labute approximate surface area is 111 Å². The molecular weight excluding hydrogens is 250 g/mol. The summed E-state index contributed by atoms with van der Waals surface area (Å²) in [6.07, 6.45) is 0. The van der Waals surface area contributed by atoms with Crippen LogP contribution in [0.5, 0.6) is 11.5 Å². The molecule has 0 spiro atoms. The van der Waals surface area contributed by atoms with Crippen molar-refractivity contribution < 1.29 is 23.8 Å². The molecule has 0 saturated carbocycles. The zero-order chi connectivity index (χ0) is 14.3. The second-order valence-corrected chi connectivity index (χ2v) is 3.58. The van der Waals surface area contributed by atoms with Gasteiger partial charge in [-0.05, 0) is 19.1 Å². The lowest BCUT2D eigenvalue weighted by Crippen LogP contribution is -2.18. The smallest absolute Gasteiger partial charge is 0.344 e. The van der Waals surface area contributed by atoms with Crippen molar-refractivity contribution in [3.05, 3.63) is 23.8 Å². The molecule has 1 aromatic rings. The van der Waals surface area contributed by atoms with Crippen LogP contribution < -0.4 is 15.2 Å². The third-order valence-corrected chi connectivity index (χ3v) is 2.33. The van der Waals surface area contributed by atoms with Crippen molar-refractivity contribution in [2.24, 2.45) is 5.73 Å². The van der Waals surface area contributed by atoms with Gasteiger partial charge in [-0.25, -0.2) is 4.79 Å². The third-order valence-electron chi connectivity index (χ3n) is 2.33. The fraction of sp³-hybridized carbons (Fsp3) is 0.385. The quantitative estimate of drug-likeness (QED) is 0.580. The van der Waals surface area contributed by atoms with Crippen LogP contribution in [0.1, 0.15) is 17.3 Å². The number of hydrogen-bond donors (Lipinski definition) is 1. The highest BCUT2D eigenvalue weighted by molar-refractivity contribution is 6.00. The van der Waals surface area contributed by atoms with Crippen LogP contribution in [0.4, 0.5) is 0 Å². The molecule has 0 fully saturated rings. The summed E-state index contributed by atoms with van der Waals surface area (Å²) in [5.74, 6) is -0.00624. The predicted octanol–water partition coefficient (Wildman–Crippen LogP) is 0.778. The Morgan fingerprint density at radius 2 is 2.05 bits per heavy atom. The molecule has 0 atom stereocenters. The maximum Gasteiger partial charge on any atom is 0.344 e. The van der Waals surface area contributed by atoms with Crippen molar-refractivity contribution in [3.63, 3.8) is 0 Å². The summed E-state index contributed by atoms with van der Waals surface area (Å²) in [7, 11) is 1.49. The molecule has 19 heavy (non-hydrogen) atoms. The summed E-state index contributed by atoms with van der Waals surface area (Å²) in [5, 5.41) is 0. The molecule has 0 saturated heterocycles. The number of nitrogens with two attached hydrogens (primary N) is 1. The lowest BCUT2D eigenvalue weighted by atomic mass is 10.1. The van der Waals surface area contributed by atoms with E-state index in [4.69, 9.17) is 19.9 Å². The van der Waals surface area contributed by atoms with Gasteiger partial charge < -0.3 is 19.9 Å². The minimum atomic E-state index is -0.503. The van der Waals surface area contributed by atoms with E-state index in [0.29, 0.717) is 11.3 Å². The molecule has 1 rings (SSSR count). The molecular formula is C13H17NO5. The van der Waals surface area contributed by atoms with Crippen LogP contribution in [0.3, 0.4) is 0 Å². The van der Waals surface area contributed by atoms with Crippen molar-refractivity contribution in [2.75, 3.05) is 26.9 Å². The number of carbonyl (C=O) groups excluding carboxylic acids is 2. The highest BCUT2D eigenvalue weighted by atomic mass is 16.6. The molecule has 6 nitrogen and oxygen atoms in total. The summed E-state index contributed by atoms with van der Waals surface area (Å²) in [5.41, 5.74) is 5.63. The summed E-state index contributed by atoms with van der Waals surface area (Å²) in [6, 6.07) is 4.71. The van der Waals surface area contributed by atoms with E-state index in [0.717, 1.165) is 0 Å². The normalized spacial score (nSPS) is 9.84. The largest absolute Gasteiger partial charge is 0.497 e. The van der Waals surface area contributed by atoms with E-state index in [2.05, 4.69) is 0 Å². The molecule has 1 aromatic carbocycles. The number of Topliss-reactive ketones (excluding diaryl/α,β-unsaturated/α-hetero) is 1. The first-order valence-corrected chi connectivity index (χ1v) is 5.82. The molecule has 0 bridgehead atoms. The second-order valence-electron chi connectivity index (χ2n) is 3.58. The molecule has 0 amide bonds. The number of methoxy groups -OCH3 is 1. The highest BCUT2D eigenvalue weighted by Gasteiger charge is 2.14. The fourth-order valence-corrected chi connectivity index (χ4v) is 1.43. The second kappa shape index (κ2) is 7.38. The summed E-state index contributed by atoms with van der Waals surface area (Å²) in [4.78, 5) is 22.9. The standard InChI is InChI=1S/C13H17NO5/c1-3-18-13(16)8-19-12-6-9(17-2)4-5-10(12)11(15)7-14/h4-6H,3,7-8,14H2,1-2H3. The first kappa shape index (κ1) is 15.0. The zero-order valence-corrected chi connectivity index (χ0v) is 11.0. The van der Waals surface area contributed by atoms with E-state index in [1.807, 2.05) is 0 Å². The lowest BCUT2D eigenvalue weighted by Gasteiger charge is -2.11. The topological polar surface area (TPSA) is 87.9 Å². The van der Waals surface area contributed by atoms with E-state index in [1.165, 1.54) is 13.2 Å². The Morgan fingerprint density at radius 3 is 2.63 bits per heavy atom. The maximum absolute atomic E-state index is 11.6. The SMILES string of the molecule is CCOC(=O)COc1cc(OC)ccc1C(=O)CN. The Bertz CT molecular complexity index is 458. The monoisotopic (exact) mass is 267 g/mol. The molecule has 0 aliphatic heterocycles. The maximum atomic E-state index is 11.6. The summed E-state index contributed by atoms with van der Waals surface area (Å²) >= 11 is 0. The van der Waals surface area contributed by atoms with E-state index in [-0.39, 0.29) is 31.3 Å². The van der Waals surface area contributed by atoms with Gasteiger partial charge in [0.15, 0.2) is 12.4 Å². The van der Waals surface area contributed by atoms with E-state index in [1.54, 1.807) is 19.1 Å². The first-order valence-electron chi connectivity index (χ1n) is 5.82. The van der Waals surface area contributed by atoms with Crippen molar-refractivity contribution in [1.29, 1.82) is 0 Å². The molecule has 2 N–H and O–H groups in total. The third kappa shape index (κ3) is 4.26. The Hall–Kier alpha value is -2.08. The number of ether oxygens (including phenoxy) is 3. The van der Waals surface area contributed by atoms with E-state index >= 15 is 0 Å². The molecule has 0 heterocycles.